The Bertz CT molecular complexity index is 1660. The molecule has 0 saturated carbocycles. The van der Waals surface area contributed by atoms with Crippen molar-refractivity contribution in [2.45, 2.75) is 27.7 Å². The van der Waals surface area contributed by atoms with Crippen LogP contribution in [0.2, 0.25) is 0 Å². The van der Waals surface area contributed by atoms with Crippen LogP contribution in [0, 0.1) is 0 Å². The van der Waals surface area contributed by atoms with Crippen LogP contribution in [0.5, 0.6) is 5.88 Å². The normalized spacial score (nSPS) is 14.7. The summed E-state index contributed by atoms with van der Waals surface area (Å²) < 4.78 is 0.850. The van der Waals surface area contributed by atoms with Crippen molar-refractivity contribution in [1.82, 2.24) is 14.9 Å². The zero-order valence-electron chi connectivity index (χ0n) is 24.5. The first-order valence-corrected chi connectivity index (χ1v) is 13.9. The Morgan fingerprint density at radius 1 is 0.860 bits per heavy atom. The number of rotatable bonds is 8. The number of quaternary nitrogens is 1. The van der Waals surface area contributed by atoms with Crippen LogP contribution in [0.3, 0.4) is 0 Å². The Kier molecular flexibility index (Phi) is 11.3. The molecule has 0 bridgehead atoms. The van der Waals surface area contributed by atoms with E-state index in [-0.39, 0.29) is 11.1 Å². The molecular weight excluding hydrogens is 550 g/mol. The number of urea groups is 1. The lowest BCUT2D eigenvalue weighted by molar-refractivity contribution is -0.894. The van der Waals surface area contributed by atoms with Crippen molar-refractivity contribution in [3.05, 3.63) is 116 Å². The highest BCUT2D eigenvalue weighted by Gasteiger charge is 2.36. The molecule has 2 heterocycles. The summed E-state index contributed by atoms with van der Waals surface area (Å²) in [5.41, 5.74) is -1.17. The molecular formula is C32H35N5O6. The van der Waals surface area contributed by atoms with Crippen molar-refractivity contribution in [1.29, 1.82) is 0 Å². The number of amides is 4. The number of hydrogen-bond acceptors (Lipinski definition) is 6. The molecule has 11 heteroatoms. The first-order valence-electron chi connectivity index (χ1n) is 13.9. The van der Waals surface area contributed by atoms with E-state index in [1.807, 2.05) is 0 Å². The lowest BCUT2D eigenvalue weighted by Crippen LogP contribution is -3.11. The van der Waals surface area contributed by atoms with Crippen molar-refractivity contribution >= 4 is 29.6 Å². The summed E-state index contributed by atoms with van der Waals surface area (Å²) in [6, 6.07) is 15.4. The van der Waals surface area contributed by atoms with E-state index in [1.54, 1.807) is 72.5 Å². The molecule has 0 unspecified atom stereocenters. The van der Waals surface area contributed by atoms with E-state index < -0.39 is 35.0 Å². The summed E-state index contributed by atoms with van der Waals surface area (Å²) in [4.78, 5) is 66.4. The largest absolute Gasteiger partial charge is 0.859 e. The molecule has 3 N–H and O–H groups in total. The standard InChI is InChI=1S/C26H20N4O6.C6H15N/c1-16(12-14-19-21(31)27-25(35)29(23(19)33)17-8-4-2-5-9-17)13-15-20-22(32)28-26(36)30(24(20)34)18-10-6-3-7-11-18;1-4-7(5-2)6-3/h2-15,33H,1H3,(H,27,31,35)(H,28,32,36);4-6H2,1-3H3. The van der Waals surface area contributed by atoms with E-state index in [1.165, 1.54) is 43.9 Å². The molecule has 1 aliphatic heterocycles. The zero-order chi connectivity index (χ0) is 31.5. The second-order valence-corrected chi connectivity index (χ2v) is 9.52. The van der Waals surface area contributed by atoms with Gasteiger partial charge in [0.1, 0.15) is 5.57 Å². The molecule has 224 valence electrons. The zero-order valence-corrected chi connectivity index (χ0v) is 24.5. The van der Waals surface area contributed by atoms with Gasteiger partial charge in [-0.1, -0.05) is 54.1 Å². The third-order valence-electron chi connectivity index (χ3n) is 6.76. The molecule has 0 aliphatic carbocycles. The van der Waals surface area contributed by atoms with Gasteiger partial charge in [-0.05, 0) is 70.0 Å². The lowest BCUT2D eigenvalue weighted by atomic mass is 10.1. The minimum absolute atomic E-state index is 0.272. The maximum Gasteiger partial charge on any atom is 0.335 e. The van der Waals surface area contributed by atoms with Crippen molar-refractivity contribution in [2.75, 3.05) is 24.5 Å². The van der Waals surface area contributed by atoms with Crippen LogP contribution >= 0.6 is 0 Å². The van der Waals surface area contributed by atoms with Gasteiger partial charge in [0.05, 0.1) is 25.3 Å². The van der Waals surface area contributed by atoms with Crippen molar-refractivity contribution in [2.24, 2.45) is 0 Å². The van der Waals surface area contributed by atoms with Crippen LogP contribution in [0.4, 0.5) is 10.5 Å². The number of allylic oxidation sites excluding steroid dienone is 4. The number of H-pyrrole nitrogens is 1. The minimum atomic E-state index is -0.857. The number of aromatic amines is 1. The van der Waals surface area contributed by atoms with E-state index in [0.717, 1.165) is 9.47 Å². The molecule has 2 aromatic carbocycles. The highest BCUT2D eigenvalue weighted by Crippen LogP contribution is 2.20. The number of carbonyl (C=O) groups is 3. The predicted molar refractivity (Wildman–Crippen MR) is 163 cm³/mol. The average Bonchev–Trinajstić information content (AvgIpc) is 2.99. The number of para-hydroxylation sites is 2. The molecule has 1 saturated heterocycles. The van der Waals surface area contributed by atoms with E-state index in [9.17, 15) is 29.1 Å². The van der Waals surface area contributed by atoms with E-state index in [4.69, 9.17) is 0 Å². The minimum Gasteiger partial charge on any atom is -0.859 e. The fraction of sp³-hybridized carbons (Fsp3) is 0.219. The highest BCUT2D eigenvalue weighted by molar-refractivity contribution is 6.37. The van der Waals surface area contributed by atoms with E-state index in [0.29, 0.717) is 16.9 Å². The highest BCUT2D eigenvalue weighted by atomic mass is 16.3. The topological polar surface area (TPSA) is 149 Å². The Balaban J connectivity index is 0.000000646. The summed E-state index contributed by atoms with van der Waals surface area (Å²) in [5.74, 6) is -2.44. The van der Waals surface area contributed by atoms with Gasteiger partial charge >= 0.3 is 11.7 Å². The molecule has 0 atom stereocenters. The molecule has 0 spiro atoms. The van der Waals surface area contributed by atoms with Crippen LogP contribution in [-0.2, 0) is 9.59 Å². The summed E-state index contributed by atoms with van der Waals surface area (Å²) >= 11 is 0. The third-order valence-corrected chi connectivity index (χ3v) is 6.76. The van der Waals surface area contributed by atoms with Crippen LogP contribution in [0.1, 0.15) is 33.3 Å². The summed E-state index contributed by atoms with van der Waals surface area (Å²) in [6.45, 7) is 12.1. The number of hydrogen-bond donors (Lipinski definition) is 3. The van der Waals surface area contributed by atoms with Crippen molar-refractivity contribution in [3.63, 3.8) is 0 Å². The number of imide groups is 2. The van der Waals surface area contributed by atoms with Gasteiger partial charge in [-0.2, -0.15) is 0 Å². The smallest absolute Gasteiger partial charge is 0.335 e. The maximum absolute atomic E-state index is 12.8. The van der Waals surface area contributed by atoms with Crippen LogP contribution in [0.25, 0.3) is 11.8 Å². The average molecular weight is 586 g/mol. The molecule has 1 aromatic heterocycles. The number of nitrogens with zero attached hydrogens (tertiary/aromatic N) is 2. The molecule has 4 rings (SSSR count). The summed E-state index contributed by atoms with van der Waals surface area (Å²) in [5, 5.41) is 15.0. The molecule has 0 radical (unpaired) electrons. The molecule has 1 fully saturated rings. The molecule has 4 amide bonds. The summed E-state index contributed by atoms with van der Waals surface area (Å²) in [6.07, 6.45) is 5.34. The van der Waals surface area contributed by atoms with Gasteiger partial charge in [-0.3, -0.25) is 29.3 Å². The number of barbiturate groups is 1. The fourth-order valence-electron chi connectivity index (χ4n) is 4.21. The van der Waals surface area contributed by atoms with Gasteiger partial charge in [-0.15, -0.1) is 0 Å². The number of aromatic nitrogens is 2. The van der Waals surface area contributed by atoms with Gasteiger partial charge in [0.25, 0.3) is 17.4 Å². The lowest BCUT2D eigenvalue weighted by Gasteiger charge is -2.26. The van der Waals surface area contributed by atoms with Crippen LogP contribution in [0.15, 0.2) is 99.6 Å². The SMILES string of the molecule is CC(C=Cc1c([O-])n(-c2ccccc2)c(=O)[nH]c1=O)=CC=C1C(=O)NC(=O)N(c2ccccc2)C1=O.CC[NH+](CC)CC. The van der Waals surface area contributed by atoms with Gasteiger partial charge in [0.2, 0.25) is 0 Å². The Labute approximate surface area is 249 Å². The second kappa shape index (κ2) is 15.1. The first kappa shape index (κ1) is 32.2. The number of nitrogens with one attached hydrogen (secondary N) is 3. The van der Waals surface area contributed by atoms with Crippen LogP contribution < -0.4 is 31.5 Å². The maximum atomic E-state index is 12.8. The molecule has 43 heavy (non-hydrogen) atoms. The second-order valence-electron chi connectivity index (χ2n) is 9.52. The van der Waals surface area contributed by atoms with Gasteiger partial charge in [-0.25, -0.2) is 14.5 Å². The quantitative estimate of drug-likeness (QED) is 0.208. The molecule has 3 aromatic rings. The molecule has 1 aliphatic rings. The fourth-order valence-corrected chi connectivity index (χ4v) is 4.21. The van der Waals surface area contributed by atoms with Gasteiger partial charge in [0.15, 0.2) is 0 Å². The summed E-state index contributed by atoms with van der Waals surface area (Å²) in [7, 11) is 0. The Hall–Kier alpha value is -5.29. The number of anilines is 1. The predicted octanol–water partition coefficient (Wildman–Crippen LogP) is 1.70. The first-order chi connectivity index (χ1) is 20.6. The van der Waals surface area contributed by atoms with Crippen LogP contribution in [-0.4, -0.2) is 47.0 Å². The van der Waals surface area contributed by atoms with Crippen molar-refractivity contribution < 1.29 is 24.4 Å². The van der Waals surface area contributed by atoms with E-state index in [2.05, 4.69) is 31.1 Å². The van der Waals surface area contributed by atoms with E-state index >= 15 is 0 Å². The number of benzene rings is 2. The number of carbonyl (C=O) groups excluding carboxylic acids is 3. The van der Waals surface area contributed by atoms with Gasteiger partial charge in [0, 0.05) is 11.3 Å². The van der Waals surface area contributed by atoms with Crippen molar-refractivity contribution in [3.8, 4) is 11.6 Å². The molecule has 11 nitrogen and oxygen atoms in total. The monoisotopic (exact) mass is 585 g/mol. The third kappa shape index (κ3) is 7.92. The van der Waals surface area contributed by atoms with Gasteiger partial charge < -0.3 is 10.0 Å². The Morgan fingerprint density at radius 3 is 1.95 bits per heavy atom. The Morgan fingerprint density at radius 2 is 1.42 bits per heavy atom.